The summed E-state index contributed by atoms with van der Waals surface area (Å²) in [6, 6.07) is 10.3. The van der Waals surface area contributed by atoms with Crippen molar-refractivity contribution in [2.45, 2.75) is 25.4 Å². The van der Waals surface area contributed by atoms with E-state index in [1.54, 1.807) is 0 Å². The third-order valence-corrected chi connectivity index (χ3v) is 5.72. The van der Waals surface area contributed by atoms with Gasteiger partial charge < -0.3 is 19.4 Å². The molecule has 0 N–H and O–H groups in total. The maximum Gasteiger partial charge on any atom is 0.229 e. The summed E-state index contributed by atoms with van der Waals surface area (Å²) >= 11 is 0. The number of carbonyl (C=O) groups is 2. The number of piperazine rings is 1. The summed E-state index contributed by atoms with van der Waals surface area (Å²) < 4.78 is 5.53. The summed E-state index contributed by atoms with van der Waals surface area (Å²) in [5.41, 5.74) is 1.22. The second-order valence-corrected chi connectivity index (χ2v) is 7.48. The topological polar surface area (TPSA) is 53.1 Å². The zero-order chi connectivity index (χ0) is 17.9. The third-order valence-electron chi connectivity index (χ3n) is 5.72. The summed E-state index contributed by atoms with van der Waals surface area (Å²) in [7, 11) is 0. The van der Waals surface area contributed by atoms with Crippen molar-refractivity contribution >= 4 is 17.5 Å². The van der Waals surface area contributed by atoms with Gasteiger partial charge in [-0.05, 0) is 25.0 Å². The van der Waals surface area contributed by atoms with Crippen LogP contribution < -0.4 is 4.90 Å². The zero-order valence-corrected chi connectivity index (χ0v) is 15.2. The van der Waals surface area contributed by atoms with E-state index in [1.165, 1.54) is 5.69 Å². The smallest absolute Gasteiger partial charge is 0.229 e. The summed E-state index contributed by atoms with van der Waals surface area (Å²) in [5.74, 6) is 0.320. The minimum atomic E-state index is -0.0216. The maximum absolute atomic E-state index is 12.7. The Bertz CT molecular complexity index is 631. The Morgan fingerprint density at radius 3 is 2.38 bits per heavy atom. The van der Waals surface area contributed by atoms with Gasteiger partial charge in [-0.15, -0.1) is 0 Å². The molecule has 0 aliphatic carbocycles. The van der Waals surface area contributed by atoms with E-state index in [9.17, 15) is 9.59 Å². The fourth-order valence-corrected chi connectivity index (χ4v) is 4.05. The average molecular weight is 357 g/mol. The number of rotatable bonds is 4. The molecule has 3 fully saturated rings. The molecule has 0 spiro atoms. The first-order valence-electron chi connectivity index (χ1n) is 9.69. The second kappa shape index (κ2) is 7.66. The van der Waals surface area contributed by atoms with Gasteiger partial charge in [-0.2, -0.15) is 0 Å². The highest BCUT2D eigenvalue weighted by Crippen LogP contribution is 2.24. The first-order chi connectivity index (χ1) is 12.7. The van der Waals surface area contributed by atoms with Gasteiger partial charge in [-0.3, -0.25) is 9.59 Å². The van der Waals surface area contributed by atoms with Gasteiger partial charge >= 0.3 is 0 Å². The van der Waals surface area contributed by atoms with E-state index >= 15 is 0 Å². The van der Waals surface area contributed by atoms with Crippen LogP contribution in [-0.2, 0) is 14.3 Å². The largest absolute Gasteiger partial charge is 0.378 e. The number of hydrogen-bond acceptors (Lipinski definition) is 4. The molecule has 26 heavy (non-hydrogen) atoms. The monoisotopic (exact) mass is 357 g/mol. The molecule has 140 valence electrons. The molecule has 1 aromatic carbocycles. The highest BCUT2D eigenvalue weighted by Gasteiger charge is 2.39. The Kier molecular flexibility index (Phi) is 5.11. The van der Waals surface area contributed by atoms with Crippen LogP contribution in [0.2, 0.25) is 0 Å². The normalized spacial score (nSPS) is 23.8. The fraction of sp³-hybridized carbons (Fsp3) is 0.600. The molecular formula is C20H27N3O3. The van der Waals surface area contributed by atoms with Crippen LogP contribution in [0.15, 0.2) is 30.3 Å². The lowest BCUT2D eigenvalue weighted by molar-refractivity contribution is -0.149. The SMILES string of the molecule is O=C(C[C@H]1CCCO1)N1CC(C(=O)N2CCN(c3ccccc3)CC2)C1. The summed E-state index contributed by atoms with van der Waals surface area (Å²) in [5, 5.41) is 0. The number of nitrogens with zero attached hydrogens (tertiary/aromatic N) is 3. The molecule has 3 heterocycles. The molecule has 0 bridgehead atoms. The minimum Gasteiger partial charge on any atom is -0.378 e. The Hall–Kier alpha value is -2.08. The van der Waals surface area contributed by atoms with E-state index in [1.807, 2.05) is 28.0 Å². The maximum atomic E-state index is 12.7. The van der Waals surface area contributed by atoms with E-state index in [-0.39, 0.29) is 23.8 Å². The Balaban J connectivity index is 1.21. The van der Waals surface area contributed by atoms with E-state index in [0.29, 0.717) is 19.5 Å². The minimum absolute atomic E-state index is 0.0216. The second-order valence-electron chi connectivity index (χ2n) is 7.48. The number of benzene rings is 1. The zero-order valence-electron chi connectivity index (χ0n) is 15.2. The molecule has 3 aliphatic rings. The first kappa shape index (κ1) is 17.3. The van der Waals surface area contributed by atoms with Crippen LogP contribution in [0, 0.1) is 5.92 Å². The van der Waals surface area contributed by atoms with Gasteiger partial charge in [-0.25, -0.2) is 0 Å². The van der Waals surface area contributed by atoms with E-state index in [0.717, 1.165) is 45.6 Å². The predicted molar refractivity (Wildman–Crippen MR) is 98.9 cm³/mol. The highest BCUT2D eigenvalue weighted by atomic mass is 16.5. The number of likely N-dealkylation sites (tertiary alicyclic amines) is 1. The van der Waals surface area contributed by atoms with Crippen molar-refractivity contribution < 1.29 is 14.3 Å². The lowest BCUT2D eigenvalue weighted by atomic mass is 9.97. The molecule has 3 aliphatic heterocycles. The van der Waals surface area contributed by atoms with Gasteiger partial charge in [0.2, 0.25) is 11.8 Å². The number of ether oxygens (including phenoxy) is 1. The standard InChI is InChI=1S/C20H27N3O3/c24-19(13-18-7-4-12-26-18)23-14-16(15-23)20(25)22-10-8-21(9-11-22)17-5-2-1-3-6-17/h1-3,5-6,16,18H,4,7-15H2/t18-/m1/s1. The van der Waals surface area contributed by atoms with Crippen LogP contribution in [0.4, 0.5) is 5.69 Å². The lowest BCUT2D eigenvalue weighted by Gasteiger charge is -2.43. The van der Waals surface area contributed by atoms with Crippen molar-refractivity contribution in [3.05, 3.63) is 30.3 Å². The third kappa shape index (κ3) is 3.70. The average Bonchev–Trinajstić information content (AvgIpc) is 3.14. The lowest BCUT2D eigenvalue weighted by Crippen LogP contribution is -2.59. The Morgan fingerprint density at radius 2 is 1.73 bits per heavy atom. The molecule has 6 nitrogen and oxygen atoms in total. The van der Waals surface area contributed by atoms with Gasteiger partial charge in [0.1, 0.15) is 0 Å². The number of amides is 2. The highest BCUT2D eigenvalue weighted by molar-refractivity contribution is 5.85. The molecule has 0 unspecified atom stereocenters. The Morgan fingerprint density at radius 1 is 1.00 bits per heavy atom. The predicted octanol–water partition coefficient (Wildman–Crippen LogP) is 1.36. The van der Waals surface area contributed by atoms with Gasteiger partial charge in [-0.1, -0.05) is 18.2 Å². The molecule has 1 atom stereocenters. The number of hydrogen-bond donors (Lipinski definition) is 0. The molecular weight excluding hydrogens is 330 g/mol. The van der Waals surface area contributed by atoms with Crippen LogP contribution in [0.5, 0.6) is 0 Å². The fourth-order valence-electron chi connectivity index (χ4n) is 4.05. The molecule has 1 aromatic rings. The van der Waals surface area contributed by atoms with Crippen molar-refractivity contribution in [2.24, 2.45) is 5.92 Å². The summed E-state index contributed by atoms with van der Waals surface area (Å²) in [6.45, 7) is 5.16. The molecule has 0 radical (unpaired) electrons. The van der Waals surface area contributed by atoms with Crippen LogP contribution in [-0.4, -0.2) is 73.6 Å². The first-order valence-corrected chi connectivity index (χ1v) is 9.69. The van der Waals surface area contributed by atoms with Crippen LogP contribution in [0.25, 0.3) is 0 Å². The van der Waals surface area contributed by atoms with Gasteiger partial charge in [0, 0.05) is 51.6 Å². The van der Waals surface area contributed by atoms with Crippen molar-refractivity contribution in [3.63, 3.8) is 0 Å². The summed E-state index contributed by atoms with van der Waals surface area (Å²) in [6.07, 6.45) is 2.58. The number of carbonyl (C=O) groups excluding carboxylic acids is 2. The van der Waals surface area contributed by atoms with Crippen molar-refractivity contribution in [2.75, 3.05) is 50.8 Å². The van der Waals surface area contributed by atoms with Gasteiger partial charge in [0.05, 0.1) is 18.4 Å². The van der Waals surface area contributed by atoms with Crippen molar-refractivity contribution in [1.82, 2.24) is 9.80 Å². The van der Waals surface area contributed by atoms with Crippen LogP contribution >= 0.6 is 0 Å². The van der Waals surface area contributed by atoms with E-state index < -0.39 is 0 Å². The van der Waals surface area contributed by atoms with Crippen molar-refractivity contribution in [1.29, 1.82) is 0 Å². The van der Waals surface area contributed by atoms with Crippen LogP contribution in [0.3, 0.4) is 0 Å². The quantitative estimate of drug-likeness (QED) is 0.817. The van der Waals surface area contributed by atoms with Gasteiger partial charge in [0.25, 0.3) is 0 Å². The Labute approximate surface area is 154 Å². The van der Waals surface area contributed by atoms with Crippen molar-refractivity contribution in [3.8, 4) is 0 Å². The molecule has 0 aromatic heterocycles. The van der Waals surface area contributed by atoms with Gasteiger partial charge in [0.15, 0.2) is 0 Å². The molecule has 2 amide bonds. The van der Waals surface area contributed by atoms with Crippen LogP contribution in [0.1, 0.15) is 19.3 Å². The van der Waals surface area contributed by atoms with E-state index in [4.69, 9.17) is 4.74 Å². The summed E-state index contributed by atoms with van der Waals surface area (Å²) in [4.78, 5) is 31.0. The molecule has 3 saturated heterocycles. The molecule has 4 rings (SSSR count). The molecule has 0 saturated carbocycles. The number of anilines is 1. The number of para-hydroxylation sites is 1. The molecule has 6 heteroatoms. The van der Waals surface area contributed by atoms with E-state index in [2.05, 4.69) is 17.0 Å².